The molecule has 0 amide bonds. The maximum absolute atomic E-state index is 12.8. The van der Waals surface area contributed by atoms with Crippen LogP contribution in [0.1, 0.15) is 38.3 Å². The van der Waals surface area contributed by atoms with E-state index in [1.807, 2.05) is 0 Å². The summed E-state index contributed by atoms with van der Waals surface area (Å²) in [5.41, 5.74) is -0.913. The van der Waals surface area contributed by atoms with E-state index in [0.29, 0.717) is 26.2 Å². The summed E-state index contributed by atoms with van der Waals surface area (Å²) in [6, 6.07) is 0.887. The number of nitrogens with zero attached hydrogens (tertiary/aromatic N) is 4. The molecule has 0 saturated carbocycles. The van der Waals surface area contributed by atoms with Crippen molar-refractivity contribution in [2.45, 2.75) is 44.9 Å². The zero-order chi connectivity index (χ0) is 17.6. The van der Waals surface area contributed by atoms with Gasteiger partial charge in [-0.1, -0.05) is 19.8 Å². The number of hydrogen-bond donors (Lipinski definition) is 1. The summed E-state index contributed by atoms with van der Waals surface area (Å²) >= 11 is 0. The molecule has 1 aliphatic rings. The Balaban J connectivity index is 1.93. The summed E-state index contributed by atoms with van der Waals surface area (Å²) in [4.78, 5) is 11.6. The van der Waals surface area contributed by atoms with Gasteiger partial charge in [-0.15, -0.1) is 0 Å². The molecule has 0 aliphatic carbocycles. The van der Waals surface area contributed by atoms with Crippen molar-refractivity contribution in [2.24, 2.45) is 0 Å². The molecule has 1 aliphatic heterocycles. The zero-order valence-corrected chi connectivity index (χ0v) is 14.0. The van der Waals surface area contributed by atoms with E-state index in [-0.39, 0.29) is 12.1 Å². The van der Waals surface area contributed by atoms with Crippen LogP contribution >= 0.6 is 0 Å². The molecule has 1 unspecified atom stereocenters. The normalized spacial score (nSPS) is 18.5. The molecule has 0 radical (unpaired) electrons. The van der Waals surface area contributed by atoms with Gasteiger partial charge in [0.15, 0.2) is 0 Å². The summed E-state index contributed by atoms with van der Waals surface area (Å²) in [5, 5.41) is 10.0. The Hall–Kier alpha value is -1.41. The largest absolute Gasteiger partial charge is 0.433 e. The molecule has 1 aromatic rings. The highest BCUT2D eigenvalue weighted by atomic mass is 19.4. The van der Waals surface area contributed by atoms with E-state index >= 15 is 0 Å². The van der Waals surface area contributed by atoms with E-state index in [0.717, 1.165) is 44.5 Å². The van der Waals surface area contributed by atoms with Crippen LogP contribution in [-0.2, 0) is 6.18 Å². The van der Waals surface area contributed by atoms with Crippen molar-refractivity contribution in [1.82, 2.24) is 14.9 Å². The first-order chi connectivity index (χ1) is 11.4. The van der Waals surface area contributed by atoms with Gasteiger partial charge in [-0.25, -0.2) is 9.97 Å². The molecule has 5 nitrogen and oxygen atoms in total. The Morgan fingerprint density at radius 3 is 2.75 bits per heavy atom. The minimum absolute atomic E-state index is 0.123. The lowest BCUT2D eigenvalue weighted by Gasteiger charge is -2.24. The van der Waals surface area contributed by atoms with Crippen molar-refractivity contribution >= 4 is 5.95 Å². The number of aliphatic hydroxyl groups is 1. The molecule has 0 spiro atoms. The summed E-state index contributed by atoms with van der Waals surface area (Å²) < 4.78 is 38.3. The SMILES string of the molecule is CCCCC(O)CN1CCCN(c2nccc(C(F)(F)F)n2)CC1. The van der Waals surface area contributed by atoms with Crippen LogP contribution < -0.4 is 4.90 Å². The van der Waals surface area contributed by atoms with Gasteiger partial charge in [0.05, 0.1) is 6.10 Å². The standard InChI is InChI=1S/C16H25F3N4O/c1-2-3-5-13(24)12-22-8-4-9-23(11-10-22)15-20-7-6-14(21-15)16(17,18)19/h6-7,13,24H,2-5,8-12H2,1H3. The third-order valence-electron chi connectivity index (χ3n) is 4.16. The fourth-order valence-corrected chi connectivity index (χ4v) is 2.84. The first-order valence-electron chi connectivity index (χ1n) is 8.45. The van der Waals surface area contributed by atoms with Crippen molar-refractivity contribution in [3.63, 3.8) is 0 Å². The summed E-state index contributed by atoms with van der Waals surface area (Å²) in [6.45, 7) is 5.37. The van der Waals surface area contributed by atoms with Gasteiger partial charge in [-0.2, -0.15) is 13.2 Å². The summed E-state index contributed by atoms with van der Waals surface area (Å²) in [7, 11) is 0. The van der Waals surface area contributed by atoms with E-state index in [9.17, 15) is 18.3 Å². The van der Waals surface area contributed by atoms with Crippen molar-refractivity contribution in [1.29, 1.82) is 0 Å². The second-order valence-corrected chi connectivity index (χ2v) is 6.18. The van der Waals surface area contributed by atoms with Crippen LogP contribution in [0.3, 0.4) is 0 Å². The van der Waals surface area contributed by atoms with Crippen molar-refractivity contribution in [2.75, 3.05) is 37.6 Å². The molecule has 2 rings (SSSR count). The first kappa shape index (κ1) is 18.9. The highest BCUT2D eigenvalue weighted by molar-refractivity contribution is 5.31. The minimum Gasteiger partial charge on any atom is -0.392 e. The van der Waals surface area contributed by atoms with E-state index in [1.54, 1.807) is 4.90 Å². The van der Waals surface area contributed by atoms with E-state index in [4.69, 9.17) is 0 Å². The average molecular weight is 346 g/mol. The predicted octanol–water partition coefficient (Wildman–Crippen LogP) is 2.56. The molecule has 1 N–H and O–H groups in total. The number of anilines is 1. The van der Waals surface area contributed by atoms with E-state index < -0.39 is 11.9 Å². The van der Waals surface area contributed by atoms with Gasteiger partial charge in [-0.3, -0.25) is 4.90 Å². The van der Waals surface area contributed by atoms with Crippen molar-refractivity contribution < 1.29 is 18.3 Å². The van der Waals surface area contributed by atoms with Gasteiger partial charge in [0.25, 0.3) is 0 Å². The van der Waals surface area contributed by atoms with Gasteiger partial charge in [0.1, 0.15) is 5.69 Å². The number of aromatic nitrogens is 2. The van der Waals surface area contributed by atoms with Crippen LogP contribution in [0.5, 0.6) is 0 Å². The van der Waals surface area contributed by atoms with Gasteiger partial charge in [-0.05, 0) is 25.5 Å². The minimum atomic E-state index is -4.46. The fourth-order valence-electron chi connectivity index (χ4n) is 2.84. The first-order valence-corrected chi connectivity index (χ1v) is 8.45. The number of β-amino-alcohol motifs (C(OH)–C–C–N with tert-alkyl or cyclic N) is 1. The number of hydrogen-bond acceptors (Lipinski definition) is 5. The molecule has 0 bridgehead atoms. The number of alkyl halides is 3. The zero-order valence-electron chi connectivity index (χ0n) is 14.0. The molecule has 0 aromatic carbocycles. The van der Waals surface area contributed by atoms with Crippen LogP contribution in [-0.4, -0.2) is 58.8 Å². The van der Waals surface area contributed by atoms with Gasteiger partial charge in [0, 0.05) is 32.4 Å². The Labute approximate surface area is 140 Å². The Morgan fingerprint density at radius 1 is 1.25 bits per heavy atom. The Bertz CT molecular complexity index is 512. The predicted molar refractivity (Wildman–Crippen MR) is 85.8 cm³/mol. The highest BCUT2D eigenvalue weighted by Crippen LogP contribution is 2.28. The molecule has 24 heavy (non-hydrogen) atoms. The molecule has 1 saturated heterocycles. The molecular formula is C16H25F3N4O. The topological polar surface area (TPSA) is 52.5 Å². The third-order valence-corrected chi connectivity index (χ3v) is 4.16. The smallest absolute Gasteiger partial charge is 0.392 e. The van der Waals surface area contributed by atoms with Crippen molar-refractivity contribution in [3.8, 4) is 0 Å². The number of halogens is 3. The van der Waals surface area contributed by atoms with Gasteiger partial charge >= 0.3 is 6.18 Å². The average Bonchev–Trinajstić information content (AvgIpc) is 2.78. The van der Waals surface area contributed by atoms with E-state index in [2.05, 4.69) is 21.8 Å². The third kappa shape index (κ3) is 5.59. The fraction of sp³-hybridized carbons (Fsp3) is 0.750. The van der Waals surface area contributed by atoms with Crippen LogP contribution in [0.4, 0.5) is 19.1 Å². The lowest BCUT2D eigenvalue weighted by atomic mass is 10.1. The van der Waals surface area contributed by atoms with E-state index in [1.165, 1.54) is 0 Å². The molecule has 1 atom stereocenters. The summed E-state index contributed by atoms with van der Waals surface area (Å²) in [6.07, 6.45) is -0.00696. The second-order valence-electron chi connectivity index (χ2n) is 6.18. The maximum atomic E-state index is 12.8. The monoisotopic (exact) mass is 346 g/mol. The van der Waals surface area contributed by atoms with Gasteiger partial charge < -0.3 is 10.0 Å². The Kier molecular flexibility index (Phi) is 6.79. The van der Waals surface area contributed by atoms with Crippen LogP contribution in [0.25, 0.3) is 0 Å². The summed E-state index contributed by atoms with van der Waals surface area (Å²) in [5.74, 6) is 0.123. The molecule has 8 heteroatoms. The molecule has 1 fully saturated rings. The quantitative estimate of drug-likeness (QED) is 0.858. The second kappa shape index (κ2) is 8.62. The molecule has 1 aromatic heterocycles. The van der Waals surface area contributed by atoms with Crippen LogP contribution in [0.2, 0.25) is 0 Å². The molecular weight excluding hydrogens is 321 g/mol. The lowest BCUT2D eigenvalue weighted by molar-refractivity contribution is -0.141. The molecule has 2 heterocycles. The number of aliphatic hydroxyl groups excluding tert-OH is 1. The Morgan fingerprint density at radius 2 is 2.04 bits per heavy atom. The lowest BCUT2D eigenvalue weighted by Crippen LogP contribution is -2.36. The van der Waals surface area contributed by atoms with Gasteiger partial charge in [0.2, 0.25) is 5.95 Å². The van der Waals surface area contributed by atoms with Crippen LogP contribution in [0.15, 0.2) is 12.3 Å². The molecule has 136 valence electrons. The highest BCUT2D eigenvalue weighted by Gasteiger charge is 2.33. The number of rotatable bonds is 6. The van der Waals surface area contributed by atoms with Crippen LogP contribution in [0, 0.1) is 0 Å². The number of unbranched alkanes of at least 4 members (excludes halogenated alkanes) is 1. The van der Waals surface area contributed by atoms with Crippen molar-refractivity contribution in [3.05, 3.63) is 18.0 Å². The maximum Gasteiger partial charge on any atom is 0.433 e.